The van der Waals surface area contributed by atoms with Gasteiger partial charge < -0.3 is 19.5 Å². The number of carbonyl (C=O) groups is 2. The van der Waals surface area contributed by atoms with Crippen LogP contribution in [0.2, 0.25) is 0 Å². The molecule has 0 aromatic heterocycles. The van der Waals surface area contributed by atoms with Gasteiger partial charge in [-0.1, -0.05) is 0 Å². The number of nitro benzene ring substituents is 1. The summed E-state index contributed by atoms with van der Waals surface area (Å²) in [6, 6.07) is 7.89. The molecule has 1 amide bonds. The Bertz CT molecular complexity index is 991. The van der Waals surface area contributed by atoms with Gasteiger partial charge in [0.2, 0.25) is 5.82 Å². The van der Waals surface area contributed by atoms with Crippen LogP contribution in [-0.2, 0) is 14.3 Å². The minimum Gasteiger partial charge on any atom is -0.497 e. The number of amides is 1. The molecule has 2 aromatic rings. The fourth-order valence-corrected chi connectivity index (χ4v) is 2.36. The van der Waals surface area contributed by atoms with Crippen LogP contribution in [0.3, 0.4) is 0 Å². The largest absolute Gasteiger partial charge is 0.497 e. The lowest BCUT2D eigenvalue weighted by molar-refractivity contribution is -0.387. The van der Waals surface area contributed by atoms with Gasteiger partial charge in [-0.05, 0) is 37.3 Å². The molecule has 0 heterocycles. The topological polar surface area (TPSA) is 117 Å². The Hall–Kier alpha value is -3.95. The maximum atomic E-state index is 13.4. The number of nitro groups is 1. The van der Waals surface area contributed by atoms with E-state index in [0.717, 1.165) is 24.3 Å². The third-order valence-corrected chi connectivity index (χ3v) is 3.91. The Morgan fingerprint density at radius 1 is 1.17 bits per heavy atom. The van der Waals surface area contributed by atoms with Crippen molar-refractivity contribution in [2.24, 2.45) is 0 Å². The van der Waals surface area contributed by atoms with Crippen molar-refractivity contribution in [3.63, 3.8) is 0 Å². The van der Waals surface area contributed by atoms with Crippen molar-refractivity contribution in [2.75, 3.05) is 19.5 Å². The highest BCUT2D eigenvalue weighted by atomic mass is 19.1. The first kappa shape index (κ1) is 22.3. The van der Waals surface area contributed by atoms with E-state index in [9.17, 15) is 24.1 Å². The van der Waals surface area contributed by atoms with E-state index < -0.39 is 34.4 Å². The number of halogens is 1. The van der Waals surface area contributed by atoms with Gasteiger partial charge in [0.25, 0.3) is 5.91 Å². The van der Waals surface area contributed by atoms with Crippen LogP contribution < -0.4 is 14.8 Å². The first-order valence-electron chi connectivity index (χ1n) is 8.60. The molecule has 2 rings (SSSR count). The summed E-state index contributed by atoms with van der Waals surface area (Å²) in [5, 5.41) is 13.1. The van der Waals surface area contributed by atoms with E-state index in [2.05, 4.69) is 5.32 Å². The summed E-state index contributed by atoms with van der Waals surface area (Å²) in [6.07, 6.45) is 1.37. The molecule has 9 nitrogen and oxygen atoms in total. The van der Waals surface area contributed by atoms with E-state index in [-0.39, 0.29) is 5.69 Å². The Kier molecular flexibility index (Phi) is 7.45. The van der Waals surface area contributed by atoms with Crippen molar-refractivity contribution in [2.45, 2.75) is 13.0 Å². The molecule has 0 radical (unpaired) electrons. The highest BCUT2D eigenvalue weighted by molar-refractivity contribution is 5.96. The monoisotopic (exact) mass is 418 g/mol. The number of esters is 1. The van der Waals surface area contributed by atoms with Crippen molar-refractivity contribution in [3.8, 4) is 11.5 Å². The summed E-state index contributed by atoms with van der Waals surface area (Å²) in [5.74, 6) is -1.50. The van der Waals surface area contributed by atoms with Gasteiger partial charge in [0, 0.05) is 29.5 Å². The number of rotatable bonds is 8. The molecule has 2 aromatic carbocycles. The van der Waals surface area contributed by atoms with Crippen LogP contribution in [0.15, 0.2) is 42.5 Å². The van der Waals surface area contributed by atoms with Crippen LogP contribution in [-0.4, -0.2) is 37.1 Å². The van der Waals surface area contributed by atoms with Gasteiger partial charge >= 0.3 is 11.7 Å². The average Bonchev–Trinajstić information content (AvgIpc) is 2.73. The van der Waals surface area contributed by atoms with Crippen LogP contribution in [0, 0.1) is 15.9 Å². The van der Waals surface area contributed by atoms with Gasteiger partial charge in [0.1, 0.15) is 11.5 Å². The third-order valence-electron chi connectivity index (χ3n) is 3.91. The Balaban J connectivity index is 2.00. The molecule has 1 N–H and O–H groups in total. The molecule has 30 heavy (non-hydrogen) atoms. The standard InChI is InChI=1S/C20H19FN2O7/c1-12(20(25)22-14-6-8-16(21)17(10-14)23(26)27)30-19(24)9-5-13-4-7-15(28-2)11-18(13)29-3/h4-12H,1-3H3,(H,22,25)/b9-5+/t12-/m0/s1. The molecule has 0 spiro atoms. The van der Waals surface area contributed by atoms with Gasteiger partial charge in [0.05, 0.1) is 19.1 Å². The zero-order valence-corrected chi connectivity index (χ0v) is 16.4. The molecular formula is C20H19FN2O7. The quantitative estimate of drug-likeness (QED) is 0.302. The van der Waals surface area contributed by atoms with Gasteiger partial charge in [-0.2, -0.15) is 4.39 Å². The average molecular weight is 418 g/mol. The number of nitrogens with zero attached hydrogens (tertiary/aromatic N) is 1. The van der Waals surface area contributed by atoms with Crippen molar-refractivity contribution >= 4 is 29.3 Å². The lowest BCUT2D eigenvalue weighted by Gasteiger charge is -2.12. The molecule has 10 heteroatoms. The molecule has 0 fully saturated rings. The third kappa shape index (κ3) is 5.77. The lowest BCUT2D eigenvalue weighted by Crippen LogP contribution is -2.29. The molecular weight excluding hydrogens is 399 g/mol. The minimum atomic E-state index is -1.20. The van der Waals surface area contributed by atoms with Gasteiger partial charge in [-0.3, -0.25) is 14.9 Å². The molecule has 0 aliphatic carbocycles. The Morgan fingerprint density at radius 2 is 1.90 bits per heavy atom. The maximum Gasteiger partial charge on any atom is 0.331 e. The fraction of sp³-hybridized carbons (Fsp3) is 0.200. The minimum absolute atomic E-state index is 0.00508. The van der Waals surface area contributed by atoms with E-state index in [4.69, 9.17) is 14.2 Å². The molecule has 0 unspecified atom stereocenters. The smallest absolute Gasteiger partial charge is 0.331 e. The second-order valence-corrected chi connectivity index (χ2v) is 5.93. The van der Waals surface area contributed by atoms with E-state index >= 15 is 0 Å². The summed E-state index contributed by atoms with van der Waals surface area (Å²) in [6.45, 7) is 1.33. The van der Waals surface area contributed by atoms with Gasteiger partial charge in [0.15, 0.2) is 6.10 Å². The number of anilines is 1. The first-order valence-corrected chi connectivity index (χ1v) is 8.60. The van der Waals surface area contributed by atoms with E-state index in [1.165, 1.54) is 27.2 Å². The molecule has 0 aliphatic heterocycles. The summed E-state index contributed by atoms with van der Waals surface area (Å²) in [4.78, 5) is 34.0. The molecule has 0 saturated heterocycles. The van der Waals surface area contributed by atoms with Crippen LogP contribution in [0.25, 0.3) is 6.08 Å². The Labute approximate surface area is 171 Å². The highest BCUT2D eigenvalue weighted by Gasteiger charge is 2.19. The van der Waals surface area contributed by atoms with Crippen molar-refractivity contribution < 1.29 is 33.1 Å². The second kappa shape index (κ2) is 10.0. The fourth-order valence-electron chi connectivity index (χ4n) is 2.36. The van der Waals surface area contributed by atoms with E-state index in [1.807, 2.05) is 0 Å². The Morgan fingerprint density at radius 3 is 2.53 bits per heavy atom. The number of methoxy groups -OCH3 is 2. The number of hydrogen-bond acceptors (Lipinski definition) is 7. The number of ether oxygens (including phenoxy) is 3. The van der Waals surface area contributed by atoms with E-state index in [0.29, 0.717) is 17.1 Å². The highest BCUT2D eigenvalue weighted by Crippen LogP contribution is 2.25. The van der Waals surface area contributed by atoms with Crippen molar-refractivity contribution in [1.29, 1.82) is 0 Å². The van der Waals surface area contributed by atoms with Crippen molar-refractivity contribution in [3.05, 3.63) is 64.0 Å². The van der Waals surface area contributed by atoms with Gasteiger partial charge in [-0.25, -0.2) is 4.79 Å². The van der Waals surface area contributed by atoms with Crippen LogP contribution in [0.5, 0.6) is 11.5 Å². The molecule has 0 saturated carbocycles. The van der Waals surface area contributed by atoms with Crippen LogP contribution in [0.1, 0.15) is 12.5 Å². The first-order chi connectivity index (χ1) is 14.2. The number of benzene rings is 2. The zero-order chi connectivity index (χ0) is 22.3. The van der Waals surface area contributed by atoms with Crippen LogP contribution >= 0.6 is 0 Å². The summed E-state index contributed by atoms with van der Waals surface area (Å²) in [5.41, 5.74) is -0.200. The summed E-state index contributed by atoms with van der Waals surface area (Å²) in [7, 11) is 2.98. The zero-order valence-electron chi connectivity index (χ0n) is 16.4. The normalized spacial score (nSPS) is 11.6. The predicted molar refractivity (Wildman–Crippen MR) is 106 cm³/mol. The van der Waals surface area contributed by atoms with E-state index in [1.54, 1.807) is 18.2 Å². The van der Waals surface area contributed by atoms with Crippen LogP contribution in [0.4, 0.5) is 15.8 Å². The van der Waals surface area contributed by atoms with Gasteiger partial charge in [-0.15, -0.1) is 0 Å². The summed E-state index contributed by atoms with van der Waals surface area (Å²) >= 11 is 0. The van der Waals surface area contributed by atoms with Crippen molar-refractivity contribution in [1.82, 2.24) is 0 Å². The SMILES string of the molecule is COc1ccc(/C=C/C(=O)O[C@@H](C)C(=O)Nc2ccc(F)c([N+](=O)[O-])c2)c(OC)c1. The maximum absolute atomic E-state index is 13.4. The number of nitrogens with one attached hydrogen (secondary N) is 1. The molecule has 158 valence electrons. The number of hydrogen-bond donors (Lipinski definition) is 1. The molecule has 0 aliphatic rings. The second-order valence-electron chi connectivity index (χ2n) is 5.93. The number of carbonyl (C=O) groups excluding carboxylic acids is 2. The lowest BCUT2D eigenvalue weighted by atomic mass is 10.1. The molecule has 1 atom stereocenters. The summed E-state index contributed by atoms with van der Waals surface area (Å²) < 4.78 is 28.7. The molecule has 0 bridgehead atoms. The predicted octanol–water partition coefficient (Wildman–Crippen LogP) is 3.33.